The Kier molecular flexibility index (Phi) is 12.8. The summed E-state index contributed by atoms with van der Waals surface area (Å²) < 4.78 is 6.27. The molecule has 47 heavy (non-hydrogen) atoms. The first-order valence-electron chi connectivity index (χ1n) is 15.8. The first-order valence-corrected chi connectivity index (χ1v) is 15.8. The van der Waals surface area contributed by atoms with Crippen LogP contribution < -0.4 is 15.0 Å². The highest BCUT2D eigenvalue weighted by Crippen LogP contribution is 2.32. The lowest BCUT2D eigenvalue weighted by Gasteiger charge is -2.34. The summed E-state index contributed by atoms with van der Waals surface area (Å²) in [4.78, 5) is 37.4. The Morgan fingerprint density at radius 1 is 1.02 bits per heavy atom. The zero-order chi connectivity index (χ0) is 33.6. The van der Waals surface area contributed by atoms with Gasteiger partial charge in [-0.1, -0.05) is 38.7 Å². The van der Waals surface area contributed by atoms with Crippen molar-refractivity contribution in [1.29, 1.82) is 0 Å². The first-order chi connectivity index (χ1) is 22.7. The highest BCUT2D eigenvalue weighted by Gasteiger charge is 2.31. The molecule has 1 aliphatic carbocycles. The van der Waals surface area contributed by atoms with Crippen LogP contribution in [0.25, 0.3) is 31.3 Å². The number of hydrogen-bond acceptors (Lipinski definition) is 9. The zero-order valence-electron chi connectivity index (χ0n) is 26.9. The summed E-state index contributed by atoms with van der Waals surface area (Å²) in [7, 11) is 0. The van der Waals surface area contributed by atoms with E-state index in [2.05, 4.69) is 45.5 Å². The van der Waals surface area contributed by atoms with Crippen molar-refractivity contribution in [3.63, 3.8) is 0 Å². The normalized spacial score (nSPS) is 19.7. The van der Waals surface area contributed by atoms with E-state index < -0.39 is 5.54 Å². The summed E-state index contributed by atoms with van der Waals surface area (Å²) in [5.41, 5.74) is 29.4. The van der Waals surface area contributed by atoms with Gasteiger partial charge in [-0.3, -0.25) is 9.69 Å². The highest BCUT2D eigenvalue weighted by atomic mass is 16.5. The number of rotatable bonds is 15. The number of carbonyl (C=O) groups excluding carboxylic acids is 1. The summed E-state index contributed by atoms with van der Waals surface area (Å²) in [5, 5.41) is 17.8. The smallest absolute Gasteiger partial charge is 0.230 e. The van der Waals surface area contributed by atoms with E-state index in [9.17, 15) is 9.70 Å². The molecule has 2 fully saturated rings. The molecule has 2 aromatic rings. The van der Waals surface area contributed by atoms with Crippen LogP contribution >= 0.6 is 0 Å². The lowest BCUT2D eigenvalue weighted by atomic mass is 9.86. The number of carbonyl (C=O) groups is 1. The van der Waals surface area contributed by atoms with Gasteiger partial charge in [0, 0.05) is 71.5 Å². The minimum atomic E-state index is -0.702. The second-order valence-corrected chi connectivity index (χ2v) is 12.6. The fourth-order valence-electron chi connectivity index (χ4n) is 6.20. The van der Waals surface area contributed by atoms with Crippen molar-refractivity contribution in [2.45, 2.75) is 76.7 Å². The van der Waals surface area contributed by atoms with Gasteiger partial charge in [-0.2, -0.15) is 4.91 Å². The summed E-state index contributed by atoms with van der Waals surface area (Å²) in [5.74, 6) is 0.319. The molecule has 1 amide bonds. The van der Waals surface area contributed by atoms with Crippen LogP contribution in [0.1, 0.15) is 56.2 Å². The van der Waals surface area contributed by atoms with E-state index in [0.717, 1.165) is 35.5 Å². The van der Waals surface area contributed by atoms with Crippen molar-refractivity contribution in [2.24, 2.45) is 26.4 Å². The van der Waals surface area contributed by atoms with Crippen LogP contribution in [-0.2, 0) is 24.3 Å². The molecule has 0 unspecified atom stereocenters. The molecule has 1 N–H and O–H groups in total. The van der Waals surface area contributed by atoms with Gasteiger partial charge in [-0.15, -0.1) is 0 Å². The van der Waals surface area contributed by atoms with E-state index in [1.54, 1.807) is 13.8 Å². The van der Waals surface area contributed by atoms with E-state index in [-0.39, 0.29) is 37.2 Å². The molecule has 0 spiro atoms. The second-order valence-electron chi connectivity index (χ2n) is 12.6. The van der Waals surface area contributed by atoms with E-state index in [1.165, 1.54) is 4.90 Å². The van der Waals surface area contributed by atoms with Crippen LogP contribution in [0.15, 0.2) is 63.0 Å². The maximum atomic E-state index is 13.9. The molecule has 248 valence electrons. The molecule has 1 saturated heterocycles. The molecule has 1 heterocycles. The standard InChI is InChI=1S/C31H41N13O3/c1-31(2,39-46)16-22-4-3-5-29(14-22)47-28-10-7-23(8-11-28)30(45)44(21-38-42-34)27-9-6-24(25(15-27)17-36-40-32)19-43-13-12-35-26(20-43)18-37-41-33/h3-6,9,14-15,23,26,28,35H,7-8,10-13,16-21H2,1-2H3/t23?,26-,28?/m0/s1. The van der Waals surface area contributed by atoms with Crippen LogP contribution in [0.2, 0.25) is 0 Å². The van der Waals surface area contributed by atoms with Gasteiger partial charge >= 0.3 is 0 Å². The van der Waals surface area contributed by atoms with E-state index in [0.29, 0.717) is 57.4 Å². The van der Waals surface area contributed by atoms with Gasteiger partial charge < -0.3 is 15.0 Å². The molecule has 1 saturated carbocycles. The summed E-state index contributed by atoms with van der Waals surface area (Å²) in [6.45, 7) is 6.72. The Labute approximate surface area is 273 Å². The minimum absolute atomic E-state index is 0.0421. The molecule has 0 radical (unpaired) electrons. The first kappa shape index (κ1) is 35.0. The van der Waals surface area contributed by atoms with Crippen LogP contribution in [0.3, 0.4) is 0 Å². The third-order valence-electron chi connectivity index (χ3n) is 8.55. The third-order valence-corrected chi connectivity index (χ3v) is 8.55. The SMILES string of the molecule is CC(C)(Cc1cccc(OC2CCC(C(=O)N(CN=[N+]=[N-])c3ccc(CN4CCN[C@@H](CN=[N+]=[N-])C4)c(CN=[N+]=[N-])c3)CC2)c1)N=O. The molecular formula is C31H41N13O3. The molecule has 0 bridgehead atoms. The van der Waals surface area contributed by atoms with Crippen LogP contribution in [0.4, 0.5) is 5.69 Å². The molecule has 16 heteroatoms. The monoisotopic (exact) mass is 643 g/mol. The van der Waals surface area contributed by atoms with Crippen molar-refractivity contribution in [3.05, 3.63) is 95.4 Å². The molecule has 1 aliphatic heterocycles. The van der Waals surface area contributed by atoms with Crippen molar-refractivity contribution in [2.75, 3.05) is 37.7 Å². The lowest BCUT2D eigenvalue weighted by Crippen LogP contribution is -2.51. The number of hydrogen-bond donors (Lipinski definition) is 1. The largest absolute Gasteiger partial charge is 0.490 e. The van der Waals surface area contributed by atoms with Crippen molar-refractivity contribution >= 4 is 11.6 Å². The summed E-state index contributed by atoms with van der Waals surface area (Å²) >= 11 is 0. The van der Waals surface area contributed by atoms with Crippen molar-refractivity contribution in [1.82, 2.24) is 10.2 Å². The van der Waals surface area contributed by atoms with E-state index >= 15 is 0 Å². The number of nitrogens with one attached hydrogen (secondary N) is 1. The Morgan fingerprint density at radius 3 is 2.51 bits per heavy atom. The highest BCUT2D eigenvalue weighted by molar-refractivity contribution is 5.95. The average molecular weight is 644 g/mol. The van der Waals surface area contributed by atoms with Gasteiger partial charge in [0.05, 0.1) is 12.6 Å². The molecule has 4 rings (SSSR count). The van der Waals surface area contributed by atoms with Gasteiger partial charge in [0.25, 0.3) is 0 Å². The Hall–Kier alpha value is -4.84. The van der Waals surface area contributed by atoms with Gasteiger partial charge in [0.2, 0.25) is 5.91 Å². The van der Waals surface area contributed by atoms with Crippen LogP contribution in [0.5, 0.6) is 5.75 Å². The van der Waals surface area contributed by atoms with E-state index in [4.69, 9.17) is 21.3 Å². The second kappa shape index (κ2) is 17.2. The number of amides is 1. The minimum Gasteiger partial charge on any atom is -0.490 e. The topological polar surface area (TPSA) is 221 Å². The Morgan fingerprint density at radius 2 is 1.79 bits per heavy atom. The predicted molar refractivity (Wildman–Crippen MR) is 178 cm³/mol. The number of anilines is 1. The fraction of sp³-hybridized carbons (Fsp3) is 0.581. The van der Waals surface area contributed by atoms with Crippen molar-refractivity contribution in [3.8, 4) is 5.75 Å². The van der Waals surface area contributed by atoms with E-state index in [1.807, 2.05) is 42.5 Å². The molecule has 1 atom stereocenters. The molecule has 16 nitrogen and oxygen atoms in total. The number of ether oxygens (including phenoxy) is 1. The number of nitroso groups, excluding NO2 is 1. The Bertz CT molecular complexity index is 1540. The number of piperazine rings is 1. The van der Waals surface area contributed by atoms with Gasteiger partial charge in [-0.05, 0) is 97.1 Å². The van der Waals surface area contributed by atoms with Crippen molar-refractivity contribution < 1.29 is 9.53 Å². The molecule has 2 aliphatic rings. The maximum absolute atomic E-state index is 13.9. The quantitative estimate of drug-likeness (QED) is 0.0943. The third kappa shape index (κ3) is 10.3. The summed E-state index contributed by atoms with van der Waals surface area (Å²) in [6.07, 6.45) is 3.05. The van der Waals surface area contributed by atoms with Gasteiger partial charge in [0.1, 0.15) is 18.0 Å². The van der Waals surface area contributed by atoms with Gasteiger partial charge in [-0.25, -0.2) is 0 Å². The fourth-order valence-corrected chi connectivity index (χ4v) is 6.20. The number of azide groups is 3. The molecule has 2 aromatic carbocycles. The Balaban J connectivity index is 1.44. The zero-order valence-corrected chi connectivity index (χ0v) is 26.9. The number of nitrogens with zero attached hydrogens (tertiary/aromatic N) is 12. The predicted octanol–water partition coefficient (Wildman–Crippen LogP) is 6.91. The van der Waals surface area contributed by atoms with Gasteiger partial charge in [0.15, 0.2) is 0 Å². The van der Waals surface area contributed by atoms with Crippen LogP contribution in [0, 0.1) is 10.8 Å². The molecule has 0 aromatic heterocycles. The maximum Gasteiger partial charge on any atom is 0.230 e. The summed E-state index contributed by atoms with van der Waals surface area (Å²) in [6, 6.07) is 13.3. The molecular weight excluding hydrogens is 602 g/mol. The lowest BCUT2D eigenvalue weighted by molar-refractivity contribution is -0.123. The average Bonchev–Trinajstić information content (AvgIpc) is 3.07. The van der Waals surface area contributed by atoms with Crippen LogP contribution in [-0.4, -0.2) is 61.3 Å². The number of benzene rings is 2.